The van der Waals surface area contributed by atoms with Gasteiger partial charge in [0.1, 0.15) is 6.61 Å². The highest BCUT2D eigenvalue weighted by Gasteiger charge is 2.35. The van der Waals surface area contributed by atoms with E-state index in [2.05, 4.69) is 29.2 Å². The van der Waals surface area contributed by atoms with E-state index in [1.807, 2.05) is 38.1 Å². The van der Waals surface area contributed by atoms with E-state index in [0.29, 0.717) is 18.7 Å². The van der Waals surface area contributed by atoms with E-state index >= 15 is 0 Å². The van der Waals surface area contributed by atoms with Crippen molar-refractivity contribution < 1.29 is 19.4 Å². The molecule has 0 saturated carbocycles. The van der Waals surface area contributed by atoms with Crippen LogP contribution in [0, 0.1) is 0 Å². The van der Waals surface area contributed by atoms with Gasteiger partial charge >= 0.3 is 12.1 Å². The average Bonchev–Trinajstić information content (AvgIpc) is 3.39. The fourth-order valence-electron chi connectivity index (χ4n) is 4.49. The maximum atomic E-state index is 13.2. The molecule has 4 rings (SSSR count). The van der Waals surface area contributed by atoms with Crippen LogP contribution in [-0.2, 0) is 16.1 Å². The fraction of sp³-hybridized carbons (Fsp3) is 0.320. The standard InChI is InChI=1S/C25H27N3O4/c1-3-13-28(23(24(29)30)22-14-26-16-27(22)4-2)25(31)32-15-21-19-11-7-5-9-17(19)18-10-6-8-12-20(18)21/h5-12,14,16,21,23H,3-4,13,15H2,1-2H3,(H,29,30). The number of rotatable bonds is 8. The van der Waals surface area contributed by atoms with Gasteiger partial charge in [0.2, 0.25) is 0 Å². The molecular formula is C25H27N3O4. The van der Waals surface area contributed by atoms with Crippen molar-refractivity contribution in [2.24, 2.45) is 0 Å². The van der Waals surface area contributed by atoms with Crippen LogP contribution < -0.4 is 0 Å². The van der Waals surface area contributed by atoms with Gasteiger partial charge in [-0.2, -0.15) is 0 Å². The van der Waals surface area contributed by atoms with Crippen molar-refractivity contribution in [3.63, 3.8) is 0 Å². The number of imidazole rings is 1. The molecule has 2 aromatic carbocycles. The summed E-state index contributed by atoms with van der Waals surface area (Å²) >= 11 is 0. The molecule has 3 aromatic rings. The van der Waals surface area contributed by atoms with E-state index in [-0.39, 0.29) is 19.1 Å². The first-order valence-electron chi connectivity index (χ1n) is 10.9. The number of hydrogen-bond donors (Lipinski definition) is 1. The van der Waals surface area contributed by atoms with E-state index in [0.717, 1.165) is 22.3 Å². The Morgan fingerprint density at radius 2 is 1.72 bits per heavy atom. The summed E-state index contributed by atoms with van der Waals surface area (Å²) in [5, 5.41) is 9.96. The Hall–Kier alpha value is -3.61. The molecule has 0 saturated heterocycles. The first kappa shape index (κ1) is 21.6. The SMILES string of the molecule is CCCN(C(=O)OCC1c2ccccc2-c2ccccc21)C(C(=O)O)c1cncn1CC. The lowest BCUT2D eigenvalue weighted by Crippen LogP contribution is -2.41. The number of ether oxygens (including phenoxy) is 1. The number of carbonyl (C=O) groups excluding carboxylic acids is 1. The Morgan fingerprint density at radius 1 is 1.09 bits per heavy atom. The Kier molecular flexibility index (Phi) is 6.25. The summed E-state index contributed by atoms with van der Waals surface area (Å²) in [7, 11) is 0. The van der Waals surface area contributed by atoms with Crippen LogP contribution >= 0.6 is 0 Å². The summed E-state index contributed by atoms with van der Waals surface area (Å²) in [6.45, 7) is 4.78. The lowest BCUT2D eigenvalue weighted by molar-refractivity contribution is -0.143. The maximum absolute atomic E-state index is 13.2. The third kappa shape index (κ3) is 3.86. The Morgan fingerprint density at radius 3 is 2.28 bits per heavy atom. The van der Waals surface area contributed by atoms with Gasteiger partial charge in [-0.3, -0.25) is 4.90 Å². The quantitative estimate of drug-likeness (QED) is 0.557. The molecule has 1 N–H and O–H groups in total. The first-order chi connectivity index (χ1) is 15.6. The molecule has 1 heterocycles. The lowest BCUT2D eigenvalue weighted by atomic mass is 9.98. The number of hydrogen-bond acceptors (Lipinski definition) is 4. The number of aromatic nitrogens is 2. The molecule has 166 valence electrons. The first-order valence-corrected chi connectivity index (χ1v) is 10.9. The number of aryl methyl sites for hydroxylation is 1. The lowest BCUT2D eigenvalue weighted by Gasteiger charge is -2.29. The summed E-state index contributed by atoms with van der Waals surface area (Å²) in [5.41, 5.74) is 4.97. The molecule has 7 heteroatoms. The Labute approximate surface area is 187 Å². The highest BCUT2D eigenvalue weighted by Crippen LogP contribution is 2.44. The van der Waals surface area contributed by atoms with Crippen LogP contribution in [-0.4, -0.2) is 44.8 Å². The van der Waals surface area contributed by atoms with Gasteiger partial charge < -0.3 is 14.4 Å². The number of amides is 1. The van der Waals surface area contributed by atoms with Crippen molar-refractivity contribution in [3.8, 4) is 11.1 Å². The number of nitrogens with zero attached hydrogens (tertiary/aromatic N) is 3. The number of aliphatic carboxylic acids is 1. The molecule has 32 heavy (non-hydrogen) atoms. The Bertz CT molecular complexity index is 1080. The van der Waals surface area contributed by atoms with Crippen molar-refractivity contribution in [1.29, 1.82) is 0 Å². The molecular weight excluding hydrogens is 406 g/mol. The van der Waals surface area contributed by atoms with E-state index in [4.69, 9.17) is 4.74 Å². The molecule has 0 fully saturated rings. The smallest absolute Gasteiger partial charge is 0.410 e. The van der Waals surface area contributed by atoms with Crippen LogP contribution in [0.15, 0.2) is 61.1 Å². The zero-order valence-corrected chi connectivity index (χ0v) is 18.3. The zero-order chi connectivity index (χ0) is 22.7. The summed E-state index contributed by atoms with van der Waals surface area (Å²) in [5.74, 6) is -1.19. The van der Waals surface area contributed by atoms with Crippen LogP contribution in [0.2, 0.25) is 0 Å². The van der Waals surface area contributed by atoms with Crippen LogP contribution in [0.1, 0.15) is 49.0 Å². The average molecular weight is 434 g/mol. The molecule has 1 atom stereocenters. The molecule has 1 unspecified atom stereocenters. The predicted molar refractivity (Wildman–Crippen MR) is 120 cm³/mol. The fourth-order valence-corrected chi connectivity index (χ4v) is 4.49. The second-order valence-electron chi connectivity index (χ2n) is 7.84. The van der Waals surface area contributed by atoms with E-state index in [9.17, 15) is 14.7 Å². The third-order valence-electron chi connectivity index (χ3n) is 5.95. The summed E-state index contributed by atoms with van der Waals surface area (Å²) in [4.78, 5) is 30.7. The molecule has 0 bridgehead atoms. The third-order valence-corrected chi connectivity index (χ3v) is 5.95. The van der Waals surface area contributed by atoms with Gasteiger partial charge in [0.15, 0.2) is 6.04 Å². The minimum absolute atomic E-state index is 0.0840. The second-order valence-corrected chi connectivity index (χ2v) is 7.84. The Balaban J connectivity index is 1.58. The van der Waals surface area contributed by atoms with Gasteiger partial charge in [0.25, 0.3) is 0 Å². The van der Waals surface area contributed by atoms with Crippen molar-refractivity contribution in [2.75, 3.05) is 13.2 Å². The monoisotopic (exact) mass is 433 g/mol. The van der Waals surface area contributed by atoms with Crippen molar-refractivity contribution in [3.05, 3.63) is 77.9 Å². The zero-order valence-electron chi connectivity index (χ0n) is 18.3. The number of carboxylic acids is 1. The number of carboxylic acid groups (broad SMARTS) is 1. The van der Waals surface area contributed by atoms with Gasteiger partial charge in [0.05, 0.1) is 18.2 Å². The minimum atomic E-state index is -1.16. The summed E-state index contributed by atoms with van der Waals surface area (Å²) < 4.78 is 7.49. The maximum Gasteiger partial charge on any atom is 0.410 e. The summed E-state index contributed by atoms with van der Waals surface area (Å²) in [6, 6.07) is 15.1. The molecule has 1 aromatic heterocycles. The number of carbonyl (C=O) groups is 2. The van der Waals surface area contributed by atoms with Crippen LogP contribution in [0.4, 0.5) is 4.79 Å². The predicted octanol–water partition coefficient (Wildman–Crippen LogP) is 4.69. The highest BCUT2D eigenvalue weighted by molar-refractivity contribution is 5.82. The van der Waals surface area contributed by atoms with Gasteiger partial charge in [-0.25, -0.2) is 14.6 Å². The van der Waals surface area contributed by atoms with Crippen LogP contribution in [0.3, 0.4) is 0 Å². The number of fused-ring (bicyclic) bond motifs is 3. The largest absolute Gasteiger partial charge is 0.479 e. The van der Waals surface area contributed by atoms with Crippen LogP contribution in [0.5, 0.6) is 0 Å². The van der Waals surface area contributed by atoms with Crippen molar-refractivity contribution in [2.45, 2.75) is 38.8 Å². The normalized spacial score (nSPS) is 13.3. The van der Waals surface area contributed by atoms with Gasteiger partial charge in [0, 0.05) is 19.0 Å². The van der Waals surface area contributed by atoms with E-state index in [1.165, 1.54) is 11.1 Å². The van der Waals surface area contributed by atoms with Crippen LogP contribution in [0.25, 0.3) is 11.1 Å². The molecule has 7 nitrogen and oxygen atoms in total. The van der Waals surface area contributed by atoms with E-state index < -0.39 is 18.1 Å². The molecule has 0 aliphatic heterocycles. The van der Waals surface area contributed by atoms with Crippen molar-refractivity contribution in [1.82, 2.24) is 14.5 Å². The topological polar surface area (TPSA) is 84.7 Å². The van der Waals surface area contributed by atoms with Crippen molar-refractivity contribution >= 4 is 12.1 Å². The minimum Gasteiger partial charge on any atom is -0.479 e. The van der Waals surface area contributed by atoms with Gasteiger partial charge in [-0.1, -0.05) is 55.5 Å². The van der Waals surface area contributed by atoms with Gasteiger partial charge in [-0.05, 0) is 35.6 Å². The molecule has 1 aliphatic rings. The second kappa shape index (κ2) is 9.26. The highest BCUT2D eigenvalue weighted by atomic mass is 16.6. The van der Waals surface area contributed by atoms with Gasteiger partial charge in [-0.15, -0.1) is 0 Å². The number of benzene rings is 2. The molecule has 1 amide bonds. The van der Waals surface area contributed by atoms with E-state index in [1.54, 1.807) is 10.9 Å². The molecule has 0 radical (unpaired) electrons. The summed E-state index contributed by atoms with van der Waals surface area (Å²) in [6.07, 6.45) is 3.05. The molecule has 1 aliphatic carbocycles. The molecule has 0 spiro atoms.